The van der Waals surface area contributed by atoms with Crippen LogP contribution >= 0.6 is 0 Å². The molecule has 418 valence electrons. The molecule has 0 N–H and O–H groups in total. The molecule has 0 aliphatic carbocycles. The van der Waals surface area contributed by atoms with Gasteiger partial charge in [0, 0.05) is 44.3 Å². The number of alkyl halides is 8. The van der Waals surface area contributed by atoms with E-state index in [0.29, 0.717) is 45.3 Å². The molecule has 0 heterocycles. The van der Waals surface area contributed by atoms with Crippen LogP contribution in [0.15, 0.2) is 267 Å². The predicted molar refractivity (Wildman–Crippen MR) is 337 cm³/mol. The molecule has 2 nitrogen and oxygen atoms in total. The molecule has 0 aromatic heterocycles. The molecule has 0 aliphatic rings. The smallest absolute Gasteiger partial charge is 0.309 e. The van der Waals surface area contributed by atoms with Gasteiger partial charge in [0.25, 0.3) is 0 Å². The van der Waals surface area contributed by atoms with E-state index in [2.05, 4.69) is 72.8 Å². The van der Waals surface area contributed by atoms with Crippen molar-refractivity contribution in [2.45, 2.75) is 25.7 Å². The monoisotopic (exact) mass is 1140 g/mol. The number of fused-ring (bicyclic) bond motifs is 6. The molecule has 86 heavy (non-hydrogen) atoms. The van der Waals surface area contributed by atoms with Crippen molar-refractivity contribution in [3.8, 4) is 33.4 Å². The van der Waals surface area contributed by atoms with Gasteiger partial charge in [0.2, 0.25) is 0 Å². The molecule has 0 aliphatic heterocycles. The van der Waals surface area contributed by atoms with Crippen molar-refractivity contribution in [1.82, 2.24) is 0 Å². The Kier molecular flexibility index (Phi) is 13.3. The molecule has 0 spiro atoms. The van der Waals surface area contributed by atoms with Crippen LogP contribution in [0.4, 0.5) is 69.2 Å². The fourth-order valence-electron chi connectivity index (χ4n) is 12.6. The second kappa shape index (κ2) is 21.4. The highest BCUT2D eigenvalue weighted by molar-refractivity contribution is 6.26. The summed E-state index contributed by atoms with van der Waals surface area (Å²) >= 11 is 0. The Morgan fingerprint density at radius 1 is 0.256 bits per heavy atom. The lowest BCUT2D eigenvalue weighted by Crippen LogP contribution is -2.12. The van der Waals surface area contributed by atoms with Gasteiger partial charge in [-0.3, -0.25) is 0 Å². The largest absolute Gasteiger partial charge is 0.416 e. The average Bonchev–Trinajstić information content (AvgIpc) is 0.845. The van der Waals surface area contributed by atoms with E-state index in [4.69, 9.17) is 0 Å². The zero-order chi connectivity index (χ0) is 58.8. The quantitative estimate of drug-likeness (QED) is 0.0941. The van der Waals surface area contributed by atoms with Crippen LogP contribution in [0.5, 0.6) is 0 Å². The third-order valence-electron chi connectivity index (χ3n) is 16.4. The molecule has 0 unspecified atom stereocenters. The van der Waals surface area contributed by atoms with Crippen LogP contribution < -0.4 is 9.80 Å². The van der Waals surface area contributed by atoms with E-state index in [1.807, 2.05) is 107 Å². The zero-order valence-electron chi connectivity index (χ0n) is 45.7. The zero-order valence-corrected chi connectivity index (χ0v) is 45.7. The first-order valence-corrected chi connectivity index (χ1v) is 28.0. The minimum atomic E-state index is -4.57. The summed E-state index contributed by atoms with van der Waals surface area (Å²) in [7, 11) is 0. The van der Waals surface area contributed by atoms with Crippen molar-refractivity contribution in [3.63, 3.8) is 0 Å². The third-order valence-corrected chi connectivity index (χ3v) is 16.4. The number of nitrogens with zero attached hydrogens (tertiary/aromatic N) is 2. The summed E-state index contributed by atoms with van der Waals surface area (Å²) < 4.78 is 114. The van der Waals surface area contributed by atoms with Gasteiger partial charge in [-0.2, -0.15) is 26.3 Å². The average molecular weight is 1140 g/mol. The van der Waals surface area contributed by atoms with Gasteiger partial charge in [0.15, 0.2) is 0 Å². The minimum absolute atomic E-state index is 0.456. The predicted octanol–water partition coefficient (Wildman–Crippen LogP) is 23.5. The van der Waals surface area contributed by atoms with Crippen LogP contribution in [0.2, 0.25) is 0 Å². The highest BCUT2D eigenvalue weighted by Crippen LogP contribution is 2.53. The molecule has 0 radical (unpaired) electrons. The molecule has 10 heteroatoms. The van der Waals surface area contributed by atoms with Crippen molar-refractivity contribution >= 4 is 98.8 Å². The summed E-state index contributed by atoms with van der Waals surface area (Å²) in [5.41, 5.74) is 8.45. The van der Waals surface area contributed by atoms with E-state index >= 15 is 0 Å². The lowest BCUT2D eigenvalue weighted by Gasteiger charge is -2.30. The van der Waals surface area contributed by atoms with Gasteiger partial charge in [-0.1, -0.05) is 170 Å². The summed E-state index contributed by atoms with van der Waals surface area (Å²) in [5.74, 6) is 0. The lowest BCUT2D eigenvalue weighted by molar-refractivity contribution is -0.138. The van der Waals surface area contributed by atoms with Gasteiger partial charge in [-0.25, -0.2) is 8.78 Å². The van der Waals surface area contributed by atoms with Crippen molar-refractivity contribution in [1.29, 1.82) is 0 Å². The van der Waals surface area contributed by atoms with Crippen LogP contribution in [-0.2, 0) is 25.7 Å². The molecule has 0 saturated heterocycles. The van der Waals surface area contributed by atoms with Crippen molar-refractivity contribution in [3.05, 3.63) is 289 Å². The molecule has 0 bridgehead atoms. The van der Waals surface area contributed by atoms with Crippen LogP contribution in [0, 0.1) is 0 Å². The van der Waals surface area contributed by atoms with E-state index in [1.165, 1.54) is 24.3 Å². The normalized spacial score (nSPS) is 12.0. The molecule has 14 aromatic carbocycles. The minimum Gasteiger partial charge on any atom is -0.309 e. The summed E-state index contributed by atoms with van der Waals surface area (Å²) in [6, 6.07) is 82.0. The second-order valence-electron chi connectivity index (χ2n) is 21.5. The fraction of sp³-hybridized carbons (Fsp3) is 0.0526. The Morgan fingerprint density at radius 2 is 0.500 bits per heavy atom. The Hall–Kier alpha value is -10.3. The van der Waals surface area contributed by atoms with Crippen LogP contribution in [0.3, 0.4) is 0 Å². The number of benzene rings is 14. The number of hydrogen-bond acceptors (Lipinski definition) is 2. The van der Waals surface area contributed by atoms with E-state index < -0.39 is 36.8 Å². The van der Waals surface area contributed by atoms with E-state index in [-0.39, 0.29) is 0 Å². The molecule has 0 fully saturated rings. The maximum absolute atomic E-state index is 14.2. The van der Waals surface area contributed by atoms with Crippen molar-refractivity contribution in [2.24, 2.45) is 0 Å². The summed E-state index contributed by atoms with van der Waals surface area (Å²) in [4.78, 5) is 3.90. The standard InChI is InChI=1S/C76H48F8N2/c77-45-47-25-33-56(34-26-47)85(58-37-29-54(30-38-58)75(79,80)81)73-66-21-9-5-17-62(66)71(63-18-6-10-22-67(63)73)52-42-51(70-60-15-3-1-13-49(60)41-50-14-2-4-16-61(50)70)43-53(44-52)72-64-19-7-11-23-68(64)74(69-24-12-8-20-65(69)72)86(57-35-27-48(46-78)28-36-57)59-39-31-55(32-40-59)76(82,83)84/h1-44H,45-46H2. The highest BCUT2D eigenvalue weighted by atomic mass is 19.4. The van der Waals surface area contributed by atoms with Crippen LogP contribution in [-0.4, -0.2) is 0 Å². The molecule has 14 aromatic rings. The molecule has 14 rings (SSSR count). The molecule has 0 amide bonds. The lowest BCUT2D eigenvalue weighted by atomic mass is 9.83. The second-order valence-corrected chi connectivity index (χ2v) is 21.5. The summed E-state index contributed by atoms with van der Waals surface area (Å²) in [6.07, 6.45) is -9.14. The van der Waals surface area contributed by atoms with Crippen LogP contribution in [0.25, 0.3) is 98.0 Å². The molecule has 0 saturated carbocycles. The SMILES string of the molecule is FCc1ccc(N(c2ccc(C(F)(F)F)cc2)c2c3ccccc3c(-c3cc(-c4c5ccccc5cc5ccccc45)cc(-c4c5ccccc5c(N(c5ccc(CF)cc5)c5ccc(C(F)(F)F)cc5)c5ccccc45)c3)c3ccccc23)cc1. The highest BCUT2D eigenvalue weighted by Gasteiger charge is 2.33. The van der Waals surface area contributed by atoms with E-state index in [1.54, 1.807) is 48.5 Å². The first-order valence-electron chi connectivity index (χ1n) is 28.0. The first-order chi connectivity index (χ1) is 41.8. The summed E-state index contributed by atoms with van der Waals surface area (Å²) in [6.45, 7) is -1.38. The summed E-state index contributed by atoms with van der Waals surface area (Å²) in [5, 5.41) is 10.9. The number of rotatable bonds is 11. The molecular formula is C76H48F8N2. The Morgan fingerprint density at radius 3 is 0.779 bits per heavy atom. The topological polar surface area (TPSA) is 6.48 Å². The Balaban J connectivity index is 1.09. The van der Waals surface area contributed by atoms with Crippen molar-refractivity contribution in [2.75, 3.05) is 9.80 Å². The van der Waals surface area contributed by atoms with Gasteiger partial charge in [-0.05, 0) is 185 Å². The number of halogens is 8. The third kappa shape index (κ3) is 9.38. The van der Waals surface area contributed by atoms with Crippen LogP contribution in [0.1, 0.15) is 22.3 Å². The Labute approximate surface area is 489 Å². The maximum atomic E-state index is 14.2. The van der Waals surface area contributed by atoms with Crippen molar-refractivity contribution < 1.29 is 35.1 Å². The molecular weight excluding hydrogens is 1090 g/mol. The van der Waals surface area contributed by atoms with Gasteiger partial charge in [0.1, 0.15) is 13.3 Å². The number of anilines is 6. The van der Waals surface area contributed by atoms with Gasteiger partial charge in [0.05, 0.1) is 22.5 Å². The maximum Gasteiger partial charge on any atom is 0.416 e. The van der Waals surface area contributed by atoms with Gasteiger partial charge >= 0.3 is 12.4 Å². The van der Waals surface area contributed by atoms with Gasteiger partial charge in [-0.15, -0.1) is 0 Å². The number of hydrogen-bond donors (Lipinski definition) is 0. The van der Waals surface area contributed by atoms with E-state index in [9.17, 15) is 35.1 Å². The molecule has 0 atom stereocenters. The van der Waals surface area contributed by atoms with E-state index in [0.717, 1.165) is 122 Å². The Bertz CT molecular complexity index is 4500. The fourth-order valence-corrected chi connectivity index (χ4v) is 12.6. The first kappa shape index (κ1) is 53.7. The van der Waals surface area contributed by atoms with Gasteiger partial charge < -0.3 is 9.80 Å².